The predicted octanol–water partition coefficient (Wildman–Crippen LogP) is 2.35. The molecule has 8 atom stereocenters. The average molecular weight is 328 g/mol. The van der Waals surface area contributed by atoms with Crippen LogP contribution in [0.4, 0.5) is 0 Å². The molecule has 0 amide bonds. The zero-order valence-electron chi connectivity index (χ0n) is 14.4. The lowest BCUT2D eigenvalue weighted by Gasteiger charge is -2.62. The molecule has 2 bridgehead atoms. The Morgan fingerprint density at radius 3 is 2.70 bits per heavy atom. The normalized spacial score (nSPS) is 58.6. The average Bonchev–Trinajstić information content (AvgIpc) is 2.69. The minimum absolute atomic E-state index is 0.0710. The monoisotopic (exact) mass is 328 g/mol. The van der Waals surface area contributed by atoms with Crippen molar-refractivity contribution in [2.24, 2.45) is 17.8 Å². The van der Waals surface area contributed by atoms with Crippen molar-refractivity contribution in [3.05, 3.63) is 0 Å². The fourth-order valence-electron chi connectivity index (χ4n) is 5.16. The number of hydrogen-bond acceptors (Lipinski definition) is 6. The van der Waals surface area contributed by atoms with Crippen LogP contribution in [0.25, 0.3) is 0 Å². The van der Waals surface area contributed by atoms with E-state index < -0.39 is 23.3 Å². The fourth-order valence-corrected chi connectivity index (χ4v) is 5.16. The third-order valence-corrected chi connectivity index (χ3v) is 6.63. The topological polar surface area (TPSA) is 66.4 Å². The molecule has 4 aliphatic heterocycles. The van der Waals surface area contributed by atoms with Gasteiger partial charge in [-0.05, 0) is 39.0 Å². The van der Waals surface area contributed by atoms with Gasteiger partial charge in [-0.15, -0.1) is 0 Å². The molecule has 4 saturated heterocycles. The van der Waals surface area contributed by atoms with E-state index >= 15 is 0 Å². The van der Waals surface area contributed by atoms with Crippen LogP contribution in [0.3, 0.4) is 0 Å². The molecule has 0 aromatic carbocycles. The minimum atomic E-state index is -1.01. The predicted molar refractivity (Wildman–Crippen MR) is 79.9 cm³/mol. The third kappa shape index (κ3) is 1.96. The van der Waals surface area contributed by atoms with Crippen molar-refractivity contribution in [2.75, 3.05) is 6.61 Å². The summed E-state index contributed by atoms with van der Waals surface area (Å²) in [6.07, 6.45) is 2.05. The molecule has 23 heavy (non-hydrogen) atoms. The molecule has 1 spiro atoms. The van der Waals surface area contributed by atoms with Gasteiger partial charge in [0.15, 0.2) is 18.2 Å². The smallest absolute Gasteiger partial charge is 0.201 e. The molecule has 6 heteroatoms. The Bertz CT molecular complexity index is 486. The van der Waals surface area contributed by atoms with E-state index in [-0.39, 0.29) is 24.0 Å². The van der Waals surface area contributed by atoms with Gasteiger partial charge in [0.05, 0.1) is 0 Å². The van der Waals surface area contributed by atoms with Crippen LogP contribution in [0.1, 0.15) is 53.4 Å². The molecule has 0 aromatic rings. The third-order valence-electron chi connectivity index (χ3n) is 6.63. The number of hydrogen-bond donors (Lipinski definition) is 1. The summed E-state index contributed by atoms with van der Waals surface area (Å²) in [6, 6.07) is 0. The van der Waals surface area contributed by atoms with Crippen molar-refractivity contribution in [2.45, 2.75) is 82.9 Å². The van der Waals surface area contributed by atoms with Gasteiger partial charge < -0.3 is 19.3 Å². The summed E-state index contributed by atoms with van der Waals surface area (Å²) in [5, 5.41) is 11.7. The molecule has 4 heterocycles. The van der Waals surface area contributed by atoms with E-state index in [1.54, 1.807) is 0 Å². The molecule has 5 fully saturated rings. The molecule has 5 aliphatic rings. The van der Waals surface area contributed by atoms with Crippen molar-refractivity contribution in [3.63, 3.8) is 0 Å². The number of fused-ring (bicyclic) bond motifs is 2. The summed E-state index contributed by atoms with van der Waals surface area (Å²) >= 11 is 0. The van der Waals surface area contributed by atoms with Crippen LogP contribution in [-0.2, 0) is 24.0 Å². The molecule has 0 radical (unpaired) electrons. The molecular weight excluding hydrogens is 300 g/mol. The van der Waals surface area contributed by atoms with Crippen LogP contribution in [0.2, 0.25) is 0 Å². The zero-order valence-corrected chi connectivity index (χ0v) is 14.4. The first-order valence-corrected chi connectivity index (χ1v) is 8.90. The van der Waals surface area contributed by atoms with Gasteiger partial charge >= 0.3 is 0 Å². The Kier molecular flexibility index (Phi) is 3.62. The first-order valence-electron chi connectivity index (χ1n) is 8.90. The Balaban J connectivity index is 1.81. The summed E-state index contributed by atoms with van der Waals surface area (Å²) in [5.74, 6) is -0.611. The van der Waals surface area contributed by atoms with Gasteiger partial charge in [-0.1, -0.05) is 13.8 Å². The molecule has 5 rings (SSSR count). The molecule has 6 nitrogen and oxygen atoms in total. The van der Waals surface area contributed by atoms with E-state index in [2.05, 4.69) is 13.8 Å². The van der Waals surface area contributed by atoms with Crippen LogP contribution in [-0.4, -0.2) is 41.3 Å². The quantitative estimate of drug-likeness (QED) is 0.785. The molecule has 1 N–H and O–H groups in total. The summed E-state index contributed by atoms with van der Waals surface area (Å²) in [5.41, 5.74) is -1.99. The first-order chi connectivity index (χ1) is 10.9. The maximum absolute atomic E-state index is 11.7. The van der Waals surface area contributed by atoms with Crippen molar-refractivity contribution in [1.82, 2.24) is 0 Å². The van der Waals surface area contributed by atoms with Gasteiger partial charge in [0.2, 0.25) is 5.79 Å². The van der Waals surface area contributed by atoms with Gasteiger partial charge in [-0.25, -0.2) is 9.78 Å². The van der Waals surface area contributed by atoms with Gasteiger partial charge in [-0.3, -0.25) is 0 Å². The van der Waals surface area contributed by atoms with E-state index in [9.17, 15) is 5.11 Å². The largest absolute Gasteiger partial charge is 0.386 e. The lowest BCUT2D eigenvalue weighted by molar-refractivity contribution is -0.586. The van der Waals surface area contributed by atoms with Crippen molar-refractivity contribution >= 4 is 0 Å². The summed E-state index contributed by atoms with van der Waals surface area (Å²) in [7, 11) is 0. The van der Waals surface area contributed by atoms with Gasteiger partial charge in [0, 0.05) is 24.9 Å². The second-order valence-corrected chi connectivity index (χ2v) is 7.87. The van der Waals surface area contributed by atoms with E-state index in [0.29, 0.717) is 19.4 Å². The minimum Gasteiger partial charge on any atom is -0.386 e. The van der Waals surface area contributed by atoms with Gasteiger partial charge in [-0.2, -0.15) is 0 Å². The van der Waals surface area contributed by atoms with Crippen LogP contribution < -0.4 is 0 Å². The molecule has 0 unspecified atom stereocenters. The zero-order chi connectivity index (χ0) is 16.5. The summed E-state index contributed by atoms with van der Waals surface area (Å²) in [4.78, 5) is 11.6. The molecule has 0 aromatic heterocycles. The summed E-state index contributed by atoms with van der Waals surface area (Å²) in [6.45, 7) is 8.58. The highest BCUT2D eigenvalue weighted by Gasteiger charge is 2.75. The molecule has 1 saturated carbocycles. The van der Waals surface area contributed by atoms with Crippen molar-refractivity contribution in [3.8, 4) is 0 Å². The van der Waals surface area contributed by atoms with E-state index in [1.165, 1.54) is 0 Å². The highest BCUT2D eigenvalue weighted by Crippen LogP contribution is 2.62. The number of ether oxygens (including phenoxy) is 3. The van der Waals surface area contributed by atoms with Crippen molar-refractivity contribution in [1.29, 1.82) is 0 Å². The van der Waals surface area contributed by atoms with Crippen LogP contribution in [0.5, 0.6) is 0 Å². The van der Waals surface area contributed by atoms with Crippen molar-refractivity contribution < 1.29 is 29.1 Å². The second kappa shape index (κ2) is 5.13. The highest BCUT2D eigenvalue weighted by atomic mass is 17.3. The molecular formula is C17H28O6. The standard InChI is InChI=1S/C17H28O6/c1-5-19-13-11(3)12-7-6-10(2)16(18)9-8-15(4)21-14(20-13)17(12,16)23-22-15/h10-14,18H,5-9H2,1-4H3/t10-,11-,12+,13+,14+,15-,16-,17-/m1/s1. The Morgan fingerprint density at radius 2 is 1.96 bits per heavy atom. The van der Waals surface area contributed by atoms with Gasteiger partial charge in [0.1, 0.15) is 5.60 Å². The van der Waals surface area contributed by atoms with Crippen LogP contribution in [0.15, 0.2) is 0 Å². The molecule has 132 valence electrons. The second-order valence-electron chi connectivity index (χ2n) is 7.87. The summed E-state index contributed by atoms with van der Waals surface area (Å²) < 4.78 is 18.1. The maximum atomic E-state index is 11.7. The lowest BCUT2D eigenvalue weighted by atomic mass is 9.55. The van der Waals surface area contributed by atoms with E-state index in [0.717, 1.165) is 12.8 Å². The lowest BCUT2D eigenvalue weighted by Crippen LogP contribution is -2.77. The van der Waals surface area contributed by atoms with Crippen LogP contribution >= 0.6 is 0 Å². The SMILES string of the molecule is CCO[C@H]1O[C@H]2O[C@@]3(C)CC[C@@]4(O)[C@H](C)CC[C@@H]([C@H]1C)[C@@]24OO3. The maximum Gasteiger partial charge on any atom is 0.201 e. The Labute approximate surface area is 137 Å². The first kappa shape index (κ1) is 16.2. The van der Waals surface area contributed by atoms with Gasteiger partial charge in [0.25, 0.3) is 0 Å². The fraction of sp³-hybridized carbons (Fsp3) is 1.00. The van der Waals surface area contributed by atoms with E-state index in [4.69, 9.17) is 24.0 Å². The molecule has 1 aliphatic carbocycles. The number of rotatable bonds is 2. The van der Waals surface area contributed by atoms with E-state index in [1.807, 2.05) is 13.8 Å². The number of aliphatic hydroxyl groups is 1. The Hall–Kier alpha value is -0.240. The highest BCUT2D eigenvalue weighted by molar-refractivity contribution is 5.17. The Morgan fingerprint density at radius 1 is 1.17 bits per heavy atom. The van der Waals surface area contributed by atoms with Crippen LogP contribution in [0, 0.1) is 17.8 Å².